The molecule has 35 heavy (non-hydrogen) atoms. The Labute approximate surface area is 205 Å². The molecule has 0 amide bonds. The van der Waals surface area contributed by atoms with Crippen molar-refractivity contribution in [3.05, 3.63) is 64.5 Å². The van der Waals surface area contributed by atoms with E-state index < -0.39 is 12.1 Å². The third kappa shape index (κ3) is 4.62. The fraction of sp³-hybridized carbons (Fsp3) is 0.333. The van der Waals surface area contributed by atoms with Crippen LogP contribution in [0.25, 0.3) is 17.1 Å². The van der Waals surface area contributed by atoms with Gasteiger partial charge in [-0.25, -0.2) is 32.5 Å². The van der Waals surface area contributed by atoms with Gasteiger partial charge in [0.1, 0.15) is 29.5 Å². The monoisotopic (exact) mass is 501 g/mol. The number of rotatable bonds is 8. The number of hydrogen-bond donors (Lipinski definition) is 1. The van der Waals surface area contributed by atoms with Crippen molar-refractivity contribution in [2.45, 2.75) is 46.1 Å². The largest absolute Gasteiger partial charge is 0.325 e. The molecule has 1 N–H and O–H groups in total. The predicted octanol–water partition coefficient (Wildman–Crippen LogP) is 6.28. The van der Waals surface area contributed by atoms with Gasteiger partial charge in [0.05, 0.1) is 16.4 Å². The highest BCUT2D eigenvalue weighted by molar-refractivity contribution is 6.31. The molecule has 0 saturated heterocycles. The number of aryl methyl sites for hydroxylation is 1. The zero-order valence-corrected chi connectivity index (χ0v) is 19.9. The zero-order valence-electron chi connectivity index (χ0n) is 19.1. The summed E-state index contributed by atoms with van der Waals surface area (Å²) in [5.41, 5.74) is 2.39. The average Bonchev–Trinajstić information content (AvgIpc) is 3.52. The highest BCUT2D eigenvalue weighted by Crippen LogP contribution is 2.36. The molecule has 182 valence electrons. The number of nitrogens with zero attached hydrogens (tertiary/aromatic N) is 6. The van der Waals surface area contributed by atoms with Gasteiger partial charge in [0, 0.05) is 23.7 Å². The molecule has 1 fully saturated rings. The predicted molar refractivity (Wildman–Crippen MR) is 127 cm³/mol. The van der Waals surface area contributed by atoms with E-state index in [0.29, 0.717) is 18.2 Å². The van der Waals surface area contributed by atoms with Gasteiger partial charge >= 0.3 is 0 Å². The summed E-state index contributed by atoms with van der Waals surface area (Å²) in [6.07, 6.45) is 1.41. The van der Waals surface area contributed by atoms with E-state index in [9.17, 15) is 13.2 Å². The summed E-state index contributed by atoms with van der Waals surface area (Å²) < 4.78 is 43.8. The fourth-order valence-electron chi connectivity index (χ4n) is 4.03. The Morgan fingerprint density at radius 3 is 2.54 bits per heavy atom. The van der Waals surface area contributed by atoms with Crippen LogP contribution in [0, 0.1) is 18.7 Å². The Hall–Kier alpha value is -3.40. The molecule has 0 atom stereocenters. The molecule has 1 aliphatic carbocycles. The Morgan fingerprint density at radius 1 is 1.14 bits per heavy atom. The van der Waals surface area contributed by atoms with Crippen molar-refractivity contribution in [2.24, 2.45) is 5.92 Å². The quantitative estimate of drug-likeness (QED) is 0.307. The third-order valence-corrected chi connectivity index (χ3v) is 6.46. The lowest BCUT2D eigenvalue weighted by molar-refractivity contribution is 0.142. The number of benzene rings is 1. The number of anilines is 2. The van der Waals surface area contributed by atoms with Gasteiger partial charge in [-0.05, 0) is 56.4 Å². The molecule has 3 heterocycles. The van der Waals surface area contributed by atoms with Crippen molar-refractivity contribution in [3.63, 3.8) is 0 Å². The van der Waals surface area contributed by atoms with Crippen LogP contribution in [0.2, 0.25) is 5.02 Å². The maximum absolute atomic E-state index is 13.7. The maximum Gasteiger partial charge on any atom is 0.282 e. The summed E-state index contributed by atoms with van der Waals surface area (Å²) >= 11 is 6.06. The first-order valence-electron chi connectivity index (χ1n) is 11.3. The average molecular weight is 502 g/mol. The van der Waals surface area contributed by atoms with Gasteiger partial charge in [-0.3, -0.25) is 0 Å². The van der Waals surface area contributed by atoms with E-state index in [2.05, 4.69) is 20.4 Å². The standard InChI is InChI=1S/C24H23ClF3N7/c1-3-17-21(15-6-8-16(26)9-7-15)33-34(11-14-4-5-14)24(17)31-18-10-19(30-12-29-18)35-22(23(27)28)20(25)13(2)32-35/h6-10,12,14,23H,3-5,11H2,1-2H3,(H,29,30,31). The van der Waals surface area contributed by atoms with E-state index in [-0.39, 0.29) is 22.4 Å². The molecule has 5 rings (SSSR count). The van der Waals surface area contributed by atoms with Crippen LogP contribution in [0.4, 0.5) is 24.8 Å². The molecule has 1 aromatic carbocycles. The molecule has 0 radical (unpaired) electrons. The van der Waals surface area contributed by atoms with E-state index in [1.54, 1.807) is 25.1 Å². The second-order valence-corrected chi connectivity index (χ2v) is 8.92. The summed E-state index contributed by atoms with van der Waals surface area (Å²) in [5.74, 6) is 1.56. The molecule has 0 unspecified atom stereocenters. The molecule has 3 aromatic heterocycles. The number of hydrogen-bond acceptors (Lipinski definition) is 5. The van der Waals surface area contributed by atoms with Gasteiger partial charge < -0.3 is 5.32 Å². The van der Waals surface area contributed by atoms with Crippen LogP contribution in [0.1, 0.15) is 43.1 Å². The SMILES string of the molecule is CCc1c(-c2ccc(F)cc2)nn(CC2CC2)c1Nc1cc(-n2nc(C)c(Cl)c2C(F)F)ncn1. The van der Waals surface area contributed by atoms with Crippen molar-refractivity contribution >= 4 is 23.2 Å². The third-order valence-electron chi connectivity index (χ3n) is 5.99. The Bertz CT molecular complexity index is 1360. The lowest BCUT2D eigenvalue weighted by Crippen LogP contribution is -2.10. The molecule has 1 saturated carbocycles. The van der Waals surface area contributed by atoms with Crippen LogP contribution in [-0.4, -0.2) is 29.5 Å². The normalized spacial score (nSPS) is 13.6. The molecule has 4 aromatic rings. The topological polar surface area (TPSA) is 73.5 Å². The summed E-state index contributed by atoms with van der Waals surface area (Å²) in [4.78, 5) is 8.43. The van der Waals surface area contributed by atoms with E-state index in [4.69, 9.17) is 16.7 Å². The minimum Gasteiger partial charge on any atom is -0.325 e. The van der Waals surface area contributed by atoms with Crippen molar-refractivity contribution in [2.75, 3.05) is 5.32 Å². The summed E-state index contributed by atoms with van der Waals surface area (Å²) in [5, 5.41) is 12.2. The maximum atomic E-state index is 13.7. The van der Waals surface area contributed by atoms with Crippen LogP contribution in [0.15, 0.2) is 36.7 Å². The van der Waals surface area contributed by atoms with Crippen molar-refractivity contribution in [1.82, 2.24) is 29.5 Å². The van der Waals surface area contributed by atoms with Crippen LogP contribution in [-0.2, 0) is 13.0 Å². The second kappa shape index (κ2) is 9.33. The van der Waals surface area contributed by atoms with Crippen molar-refractivity contribution in [3.8, 4) is 17.1 Å². The van der Waals surface area contributed by atoms with Gasteiger partial charge in [0.25, 0.3) is 6.43 Å². The minimum absolute atomic E-state index is 0.0900. The number of aromatic nitrogens is 6. The molecular weight excluding hydrogens is 479 g/mol. The van der Waals surface area contributed by atoms with E-state index >= 15 is 0 Å². The second-order valence-electron chi connectivity index (χ2n) is 8.55. The van der Waals surface area contributed by atoms with Crippen LogP contribution >= 0.6 is 11.6 Å². The van der Waals surface area contributed by atoms with Gasteiger partial charge in [-0.1, -0.05) is 18.5 Å². The van der Waals surface area contributed by atoms with Gasteiger partial charge in [-0.15, -0.1) is 0 Å². The van der Waals surface area contributed by atoms with E-state index in [0.717, 1.165) is 46.7 Å². The van der Waals surface area contributed by atoms with Crippen molar-refractivity contribution in [1.29, 1.82) is 0 Å². The van der Waals surface area contributed by atoms with Crippen LogP contribution in [0.3, 0.4) is 0 Å². The first-order valence-corrected chi connectivity index (χ1v) is 11.7. The molecule has 0 aliphatic heterocycles. The molecule has 0 bridgehead atoms. The number of halogens is 4. The summed E-state index contributed by atoms with van der Waals surface area (Å²) in [7, 11) is 0. The molecule has 0 spiro atoms. The van der Waals surface area contributed by atoms with Gasteiger partial charge in [-0.2, -0.15) is 10.2 Å². The summed E-state index contributed by atoms with van der Waals surface area (Å²) in [6.45, 7) is 4.31. The molecule has 11 heteroatoms. The van der Waals surface area contributed by atoms with Crippen LogP contribution < -0.4 is 5.32 Å². The summed E-state index contributed by atoms with van der Waals surface area (Å²) in [6, 6.07) is 7.79. The van der Waals surface area contributed by atoms with E-state index in [1.165, 1.54) is 18.5 Å². The van der Waals surface area contributed by atoms with Gasteiger partial charge in [0.2, 0.25) is 0 Å². The molecular formula is C24H23ClF3N7. The Balaban J connectivity index is 1.55. The van der Waals surface area contributed by atoms with Crippen molar-refractivity contribution < 1.29 is 13.2 Å². The highest BCUT2D eigenvalue weighted by Gasteiger charge is 2.27. The number of alkyl halides is 2. The number of nitrogens with one attached hydrogen (secondary N) is 1. The minimum atomic E-state index is -2.82. The molecule has 1 aliphatic rings. The molecule has 7 nitrogen and oxygen atoms in total. The first-order chi connectivity index (χ1) is 16.9. The van der Waals surface area contributed by atoms with E-state index in [1.807, 2.05) is 11.6 Å². The zero-order chi connectivity index (χ0) is 24.7. The Morgan fingerprint density at radius 2 is 1.89 bits per heavy atom. The fourth-order valence-corrected chi connectivity index (χ4v) is 4.23. The first kappa shape index (κ1) is 23.3. The highest BCUT2D eigenvalue weighted by atomic mass is 35.5. The Kier molecular flexibility index (Phi) is 6.22. The lowest BCUT2D eigenvalue weighted by Gasteiger charge is -2.12. The van der Waals surface area contributed by atoms with Gasteiger partial charge in [0.15, 0.2) is 5.82 Å². The van der Waals surface area contributed by atoms with Crippen LogP contribution in [0.5, 0.6) is 0 Å². The lowest BCUT2D eigenvalue weighted by atomic mass is 10.1. The smallest absolute Gasteiger partial charge is 0.282 e.